The van der Waals surface area contributed by atoms with Crippen LogP contribution in [-0.2, 0) is 20.9 Å². The fourth-order valence-corrected chi connectivity index (χ4v) is 6.16. The molecule has 0 radical (unpaired) electrons. The maximum Gasteiger partial charge on any atom is 0.317 e. The predicted molar refractivity (Wildman–Crippen MR) is 176 cm³/mol. The van der Waals surface area contributed by atoms with E-state index < -0.39 is 48.2 Å². The number of carbonyl (C=O) groups is 3. The van der Waals surface area contributed by atoms with E-state index in [2.05, 4.69) is 4.98 Å². The minimum absolute atomic E-state index is 0.0116. The standard InChI is InChI=1S/C37H34N2O9/c1-22(27(26-15-16-31-32(18-26)47-21-46-31)9-6-12-33-38-29-10-4-5-11-30(29)48-33)39(35(41)34(37(44)45)28(20-40)36(42)43)19-23-13-14-24-7-2-3-8-25(24)17-23/h2-8,10-18,22,27-28,34,40H,9,19-21H2,1H3,(H,42,43)(H,44,45)/b12-6+/t22-,27+,28-,34+/m1/s1. The molecule has 1 aromatic heterocycles. The molecule has 0 saturated carbocycles. The van der Waals surface area contributed by atoms with Gasteiger partial charge in [-0.05, 0) is 71.7 Å². The molecule has 0 aliphatic carbocycles. The molecule has 0 fully saturated rings. The number of aliphatic hydroxyl groups excluding tert-OH is 1. The van der Waals surface area contributed by atoms with E-state index >= 15 is 0 Å². The molecule has 48 heavy (non-hydrogen) atoms. The third-order valence-electron chi connectivity index (χ3n) is 8.76. The Morgan fingerprint density at radius 1 is 0.896 bits per heavy atom. The lowest BCUT2D eigenvalue weighted by molar-refractivity contribution is -0.164. The van der Waals surface area contributed by atoms with Gasteiger partial charge in [0.2, 0.25) is 18.6 Å². The van der Waals surface area contributed by atoms with E-state index in [1.807, 2.05) is 84.9 Å². The molecular weight excluding hydrogens is 616 g/mol. The summed E-state index contributed by atoms with van der Waals surface area (Å²) < 4.78 is 17.0. The van der Waals surface area contributed by atoms with E-state index in [4.69, 9.17) is 13.9 Å². The highest BCUT2D eigenvalue weighted by molar-refractivity contribution is 6.01. The molecule has 4 aromatic carbocycles. The highest BCUT2D eigenvalue weighted by atomic mass is 16.7. The molecule has 2 heterocycles. The molecule has 1 aliphatic heterocycles. The van der Waals surface area contributed by atoms with Crippen LogP contribution in [0.2, 0.25) is 0 Å². The first kappa shape index (κ1) is 32.3. The molecule has 3 N–H and O–H groups in total. The second-order valence-electron chi connectivity index (χ2n) is 11.7. The molecule has 5 aromatic rings. The maximum atomic E-state index is 14.3. The van der Waals surface area contributed by atoms with Crippen LogP contribution in [0, 0.1) is 11.8 Å². The summed E-state index contributed by atoms with van der Waals surface area (Å²) in [6, 6.07) is 25.6. The first-order valence-corrected chi connectivity index (χ1v) is 15.5. The van der Waals surface area contributed by atoms with Crippen molar-refractivity contribution in [3.8, 4) is 11.5 Å². The number of carbonyl (C=O) groups excluding carboxylic acids is 1. The lowest BCUT2D eigenvalue weighted by atomic mass is 9.85. The lowest BCUT2D eigenvalue weighted by Gasteiger charge is -2.37. The van der Waals surface area contributed by atoms with Crippen molar-refractivity contribution < 1.29 is 43.6 Å². The largest absolute Gasteiger partial charge is 0.481 e. The summed E-state index contributed by atoms with van der Waals surface area (Å²) >= 11 is 0. The average molecular weight is 651 g/mol. The SMILES string of the molecule is C[C@H]([C@H](C/C=C/c1nc2ccccc2o1)c1ccc2c(c1)OCO2)N(Cc1ccc2ccccc2c1)C(=O)[C@@H](C(=O)O)[C@@H](CO)C(=O)O. The van der Waals surface area contributed by atoms with E-state index in [1.54, 1.807) is 19.1 Å². The number of aliphatic hydroxyl groups is 1. The highest BCUT2D eigenvalue weighted by Crippen LogP contribution is 2.38. The summed E-state index contributed by atoms with van der Waals surface area (Å²) in [6.45, 7) is 0.841. The first-order valence-electron chi connectivity index (χ1n) is 15.5. The number of benzene rings is 4. The summed E-state index contributed by atoms with van der Waals surface area (Å²) in [6.07, 6.45) is 3.98. The van der Waals surface area contributed by atoms with Crippen molar-refractivity contribution in [2.24, 2.45) is 11.8 Å². The number of para-hydroxylation sites is 2. The zero-order valence-electron chi connectivity index (χ0n) is 26.1. The van der Waals surface area contributed by atoms with Crippen LogP contribution in [0.1, 0.15) is 36.3 Å². The number of hydrogen-bond donors (Lipinski definition) is 3. The minimum atomic E-state index is -2.02. The number of rotatable bonds is 13. The third kappa shape index (κ3) is 6.72. The van der Waals surface area contributed by atoms with Crippen molar-refractivity contribution in [3.05, 3.63) is 108 Å². The smallest absolute Gasteiger partial charge is 0.317 e. The molecule has 1 aliphatic rings. The van der Waals surface area contributed by atoms with Crippen LogP contribution in [0.5, 0.6) is 11.5 Å². The van der Waals surface area contributed by atoms with Crippen molar-refractivity contribution in [2.45, 2.75) is 31.8 Å². The second kappa shape index (κ2) is 14.0. The van der Waals surface area contributed by atoms with Crippen molar-refractivity contribution in [2.75, 3.05) is 13.4 Å². The second-order valence-corrected chi connectivity index (χ2v) is 11.7. The molecule has 0 unspecified atom stereocenters. The molecule has 0 bridgehead atoms. The topological polar surface area (TPSA) is 160 Å². The Morgan fingerprint density at radius 2 is 1.65 bits per heavy atom. The number of hydrogen-bond acceptors (Lipinski definition) is 8. The zero-order valence-corrected chi connectivity index (χ0v) is 26.1. The summed E-state index contributed by atoms with van der Waals surface area (Å²) in [7, 11) is 0. The Labute approximate surface area is 275 Å². The van der Waals surface area contributed by atoms with Gasteiger partial charge in [0.05, 0.1) is 6.61 Å². The van der Waals surface area contributed by atoms with Crippen LogP contribution in [0.4, 0.5) is 0 Å². The molecular formula is C37H34N2O9. The van der Waals surface area contributed by atoms with Crippen LogP contribution in [0.3, 0.4) is 0 Å². The van der Waals surface area contributed by atoms with Gasteiger partial charge in [-0.2, -0.15) is 0 Å². The van der Waals surface area contributed by atoms with Crippen LogP contribution in [0.25, 0.3) is 27.9 Å². The van der Waals surface area contributed by atoms with Gasteiger partial charge in [-0.25, -0.2) is 4.98 Å². The van der Waals surface area contributed by atoms with Gasteiger partial charge in [-0.1, -0.05) is 60.7 Å². The molecule has 0 spiro atoms. The molecule has 6 rings (SSSR count). The van der Waals surface area contributed by atoms with Gasteiger partial charge >= 0.3 is 11.9 Å². The van der Waals surface area contributed by atoms with Crippen LogP contribution < -0.4 is 9.47 Å². The fourth-order valence-electron chi connectivity index (χ4n) is 6.16. The Balaban J connectivity index is 1.40. The highest BCUT2D eigenvalue weighted by Gasteiger charge is 2.43. The van der Waals surface area contributed by atoms with Crippen LogP contribution in [-0.4, -0.2) is 62.5 Å². The van der Waals surface area contributed by atoms with Gasteiger partial charge in [0, 0.05) is 18.5 Å². The molecule has 4 atom stereocenters. The summed E-state index contributed by atoms with van der Waals surface area (Å²) in [4.78, 5) is 44.7. The third-order valence-corrected chi connectivity index (χ3v) is 8.76. The van der Waals surface area contributed by atoms with Gasteiger partial charge in [-0.3, -0.25) is 14.4 Å². The number of ether oxygens (including phenoxy) is 2. The van der Waals surface area contributed by atoms with Crippen molar-refractivity contribution in [3.63, 3.8) is 0 Å². The Bertz CT molecular complexity index is 1970. The van der Waals surface area contributed by atoms with Gasteiger partial charge in [0.15, 0.2) is 23.0 Å². The summed E-state index contributed by atoms with van der Waals surface area (Å²) in [5.41, 5.74) is 2.86. The van der Waals surface area contributed by atoms with E-state index in [9.17, 15) is 29.7 Å². The normalized spacial score (nSPS) is 15.0. The predicted octanol–water partition coefficient (Wildman–Crippen LogP) is 5.71. The monoisotopic (exact) mass is 650 g/mol. The molecule has 0 saturated heterocycles. The zero-order chi connectivity index (χ0) is 33.8. The maximum absolute atomic E-state index is 14.3. The lowest BCUT2D eigenvalue weighted by Crippen LogP contribution is -2.50. The number of carboxylic acid groups (broad SMARTS) is 2. The number of aromatic nitrogens is 1. The molecule has 1 amide bonds. The van der Waals surface area contributed by atoms with E-state index in [1.165, 1.54) is 4.90 Å². The number of fused-ring (bicyclic) bond motifs is 3. The number of aliphatic carboxylic acids is 2. The Hall–Kier alpha value is -5.68. The average Bonchev–Trinajstić information content (AvgIpc) is 3.73. The van der Waals surface area contributed by atoms with E-state index in [0.29, 0.717) is 34.9 Å². The number of allylic oxidation sites excluding steroid dienone is 1. The van der Waals surface area contributed by atoms with Gasteiger partial charge in [-0.15, -0.1) is 0 Å². The molecule has 246 valence electrons. The quantitative estimate of drug-likeness (QED) is 0.135. The number of amides is 1. The van der Waals surface area contributed by atoms with Gasteiger partial charge in [0.25, 0.3) is 0 Å². The fraction of sp³-hybridized carbons (Fsp3) is 0.243. The Morgan fingerprint density at radius 3 is 2.40 bits per heavy atom. The van der Waals surface area contributed by atoms with Gasteiger partial charge in [0.1, 0.15) is 11.4 Å². The summed E-state index contributed by atoms with van der Waals surface area (Å²) in [5.74, 6) is -6.92. The van der Waals surface area contributed by atoms with Crippen LogP contribution >= 0.6 is 0 Å². The minimum Gasteiger partial charge on any atom is -0.481 e. The van der Waals surface area contributed by atoms with Gasteiger partial charge < -0.3 is 34.1 Å². The Kier molecular flexibility index (Phi) is 9.40. The summed E-state index contributed by atoms with van der Waals surface area (Å²) in [5, 5.41) is 31.7. The number of nitrogens with zero attached hydrogens (tertiary/aromatic N) is 2. The number of oxazole rings is 1. The van der Waals surface area contributed by atoms with E-state index in [-0.39, 0.29) is 13.3 Å². The first-order chi connectivity index (χ1) is 23.2. The van der Waals surface area contributed by atoms with Crippen molar-refractivity contribution in [1.29, 1.82) is 0 Å². The van der Waals surface area contributed by atoms with E-state index in [0.717, 1.165) is 21.9 Å². The molecule has 11 heteroatoms. The van der Waals surface area contributed by atoms with Crippen molar-refractivity contribution >= 4 is 45.8 Å². The number of carboxylic acids is 2. The van der Waals surface area contributed by atoms with Crippen LogP contribution in [0.15, 0.2) is 95.4 Å². The van der Waals surface area contributed by atoms with Crippen molar-refractivity contribution in [1.82, 2.24) is 9.88 Å². The molecule has 11 nitrogen and oxygen atoms in total.